The fourth-order valence-electron chi connectivity index (χ4n) is 12.2. The number of nitrogens with zero attached hydrogens (tertiary/aromatic N) is 2. The van der Waals surface area contributed by atoms with Gasteiger partial charge in [-0.25, -0.2) is 26.4 Å². The van der Waals surface area contributed by atoms with Gasteiger partial charge in [-0.15, -0.1) is 0 Å². The number of aromatic nitrogens is 2. The first-order chi connectivity index (χ1) is 41.9. The lowest BCUT2D eigenvalue weighted by atomic mass is 9.76. The molecule has 0 radical (unpaired) electrons. The summed E-state index contributed by atoms with van der Waals surface area (Å²) in [4.78, 5) is 93.7. The number of ketones is 2. The van der Waals surface area contributed by atoms with Crippen LogP contribution in [0.1, 0.15) is 118 Å². The molecule has 88 heavy (non-hydrogen) atoms. The van der Waals surface area contributed by atoms with Crippen molar-refractivity contribution in [2.75, 3.05) is 75.5 Å². The number of carbonyl (C=O) groups excluding carboxylic acids is 7. The molecule has 0 saturated carbocycles. The second kappa shape index (κ2) is 28.8. The Balaban J connectivity index is 0.000000181. The minimum absolute atomic E-state index is 0.0365. The zero-order valence-electron chi connectivity index (χ0n) is 51.0. The van der Waals surface area contributed by atoms with Crippen LogP contribution < -0.4 is 5.32 Å². The third-order valence-corrected chi connectivity index (χ3v) is 19.2. The first kappa shape index (κ1) is 65.9. The number of aldehydes is 1. The third kappa shape index (κ3) is 16.4. The molecule has 7 heterocycles. The topological polar surface area (TPSA) is 275 Å². The number of hydrogen-bond donors (Lipinski definition) is 3. The predicted octanol–water partition coefficient (Wildman–Crippen LogP) is 8.05. The molecule has 2 aromatic heterocycles. The highest BCUT2D eigenvalue weighted by Gasteiger charge is 2.45. The van der Waals surface area contributed by atoms with Gasteiger partial charge in [-0.3, -0.25) is 33.8 Å². The van der Waals surface area contributed by atoms with Crippen LogP contribution >= 0.6 is 0 Å². The minimum atomic E-state index is -3.09. The van der Waals surface area contributed by atoms with Gasteiger partial charge in [0.2, 0.25) is 0 Å². The molecule has 0 amide bonds. The summed E-state index contributed by atoms with van der Waals surface area (Å²) in [6.45, 7) is 17.9. The van der Waals surface area contributed by atoms with Gasteiger partial charge in [0.05, 0.1) is 59.8 Å². The minimum Gasteiger partial charge on any atom is -0.466 e. The van der Waals surface area contributed by atoms with Crippen LogP contribution in [0.2, 0.25) is 0 Å². The number of nitrogens with one attached hydrogen (secondary N) is 3. The first-order valence-corrected chi connectivity index (χ1v) is 33.1. The van der Waals surface area contributed by atoms with Crippen molar-refractivity contribution in [1.29, 1.82) is 0 Å². The highest BCUT2D eigenvalue weighted by Crippen LogP contribution is 2.47. The van der Waals surface area contributed by atoms with E-state index in [1.165, 1.54) is 5.56 Å². The van der Waals surface area contributed by atoms with E-state index in [0.29, 0.717) is 68.1 Å². The van der Waals surface area contributed by atoms with Gasteiger partial charge in [-0.05, 0) is 119 Å². The molecule has 20 nitrogen and oxygen atoms in total. The van der Waals surface area contributed by atoms with Crippen molar-refractivity contribution < 1.29 is 69.3 Å². The molecule has 0 aliphatic carbocycles. The van der Waals surface area contributed by atoms with Gasteiger partial charge in [0, 0.05) is 96.7 Å². The molecular formula is C66H77N5O15S2. The molecule has 3 atom stereocenters. The lowest BCUT2D eigenvalue weighted by molar-refractivity contribution is -0.158. The Kier molecular flexibility index (Phi) is 21.6. The van der Waals surface area contributed by atoms with Gasteiger partial charge >= 0.3 is 23.9 Å². The van der Waals surface area contributed by atoms with Crippen molar-refractivity contribution >= 4 is 83.2 Å². The van der Waals surface area contributed by atoms with Crippen LogP contribution in [0.3, 0.4) is 0 Å². The number of cyclic esters (lactones) is 2. The van der Waals surface area contributed by atoms with E-state index >= 15 is 0 Å². The maximum Gasteiger partial charge on any atom is 0.337 e. The molecule has 22 heteroatoms. The van der Waals surface area contributed by atoms with Crippen molar-refractivity contribution in [2.45, 2.75) is 99.2 Å². The van der Waals surface area contributed by atoms with Gasteiger partial charge in [0.15, 0.2) is 31.7 Å². The van der Waals surface area contributed by atoms with Gasteiger partial charge in [0.1, 0.15) is 30.8 Å². The number of carbonyl (C=O) groups is 7. The monoisotopic (exact) mass is 1240 g/mol. The summed E-state index contributed by atoms with van der Waals surface area (Å²) >= 11 is 0. The number of fused-ring (bicyclic) bond motifs is 2. The number of aromatic amines is 2. The summed E-state index contributed by atoms with van der Waals surface area (Å²) in [5.41, 5.74) is 14.1. The van der Waals surface area contributed by atoms with E-state index in [-0.39, 0.29) is 67.2 Å². The molecule has 3 saturated heterocycles. The van der Waals surface area contributed by atoms with Crippen LogP contribution in [0.15, 0.2) is 108 Å². The number of benzene rings is 4. The van der Waals surface area contributed by atoms with Crippen molar-refractivity contribution in [3.8, 4) is 0 Å². The van der Waals surface area contributed by atoms with Crippen LogP contribution in [0, 0.1) is 41.5 Å². The number of Topliss-reactive ketones (excluding diaryl/α,β-unsaturated/α-hetero) is 2. The fourth-order valence-corrected chi connectivity index (χ4v) is 14.8. The maximum atomic E-state index is 14.1. The molecule has 3 fully saturated rings. The summed E-state index contributed by atoms with van der Waals surface area (Å²) in [7, 11) is -6.01. The Hall–Kier alpha value is -8.05. The summed E-state index contributed by atoms with van der Waals surface area (Å²) in [6.07, 6.45) is 4.05. The SMILES string of the molecule is CCOC(=O)C1=C(CN2CCS(=O)(=O)CC2)NC2=C(C(=O)OC(c3c(C)cc(C)cc3C)C2)C1c1cccc2[nH]ccc12.CCOC(=O)CC(=O)CN1CCS(=O)(=O)CC1.Cc1cc(C)c(C2CC(=O)CC(=O)O2)c(C)c1.O=Cc1cccc2[nH]ccc12. The number of sulfone groups is 2. The van der Waals surface area contributed by atoms with E-state index in [1.807, 2.05) is 107 Å². The van der Waals surface area contributed by atoms with E-state index in [9.17, 15) is 50.4 Å². The number of rotatable bonds is 13. The molecule has 3 unspecified atom stereocenters. The zero-order valence-corrected chi connectivity index (χ0v) is 52.7. The molecule has 3 N–H and O–H groups in total. The average Bonchev–Trinajstić information content (AvgIpc) is 0.903. The first-order valence-electron chi connectivity index (χ1n) is 29.5. The number of aryl methyl sites for hydroxylation is 6. The van der Waals surface area contributed by atoms with Crippen molar-refractivity contribution in [1.82, 2.24) is 25.1 Å². The van der Waals surface area contributed by atoms with Crippen molar-refractivity contribution in [2.24, 2.45) is 0 Å². The lowest BCUT2D eigenvalue weighted by Crippen LogP contribution is -2.45. The number of H-pyrrole nitrogens is 2. The standard InChI is InChI=1S/C33H37N3O6S.C14H16O3.C10H17NO5S.C9H7NO/c1-5-41-32(37)31-26(18-36-11-13-43(39,40)14-12-36)35-25-17-27(28-20(3)15-19(2)16-21(28)4)42-33(38)30(25)29(31)23-7-6-8-24-22(23)9-10-34-24;1-8-4-9(2)14(10(3)5-8)12-6-11(15)7-13(16)17-12;1-2-16-10(13)7-9(12)8-11-3-5-17(14,15)6-4-11;11-6-7-2-1-3-9-8(7)4-5-10-9/h6-10,15-16,27,29,34-35H,5,11-14,17-18H2,1-4H3;4-5,12H,6-7H2,1-3H3;2-8H2,1H3;1-6,10H. The van der Waals surface area contributed by atoms with Crippen molar-refractivity contribution in [3.63, 3.8) is 0 Å². The maximum absolute atomic E-state index is 14.1. The Bertz CT molecular complexity index is 3880. The highest BCUT2D eigenvalue weighted by molar-refractivity contribution is 7.91. The smallest absolute Gasteiger partial charge is 0.337 e. The molecule has 6 aromatic rings. The van der Waals surface area contributed by atoms with Gasteiger partial charge in [0.25, 0.3) is 0 Å². The summed E-state index contributed by atoms with van der Waals surface area (Å²) < 4.78 is 68.4. The van der Waals surface area contributed by atoms with Crippen molar-refractivity contribution in [3.05, 3.63) is 163 Å². The van der Waals surface area contributed by atoms with E-state index in [2.05, 4.69) is 44.3 Å². The van der Waals surface area contributed by atoms with Gasteiger partial charge in [-0.1, -0.05) is 59.7 Å². The van der Waals surface area contributed by atoms with Gasteiger partial charge in [-0.2, -0.15) is 0 Å². The van der Waals surface area contributed by atoms with Gasteiger partial charge < -0.3 is 34.2 Å². The summed E-state index contributed by atoms with van der Waals surface area (Å²) in [5.74, 6) is -2.63. The molecule has 468 valence electrons. The summed E-state index contributed by atoms with van der Waals surface area (Å²) in [5, 5.41) is 5.38. The largest absolute Gasteiger partial charge is 0.466 e. The van der Waals surface area contributed by atoms with Crippen LogP contribution in [0.4, 0.5) is 0 Å². The quantitative estimate of drug-likeness (QED) is 0.0427. The second-order valence-corrected chi connectivity index (χ2v) is 27.4. The normalized spacial score (nSPS) is 19.9. The molecule has 11 rings (SSSR count). The van der Waals surface area contributed by atoms with Crippen LogP contribution in [0.25, 0.3) is 21.8 Å². The third-order valence-electron chi connectivity index (χ3n) is 16.0. The lowest BCUT2D eigenvalue weighted by Gasteiger charge is -2.39. The molecule has 0 spiro atoms. The Morgan fingerprint density at radius 3 is 1.73 bits per heavy atom. The molecule has 5 aliphatic rings. The zero-order chi connectivity index (χ0) is 63.6. The summed E-state index contributed by atoms with van der Waals surface area (Å²) in [6, 6.07) is 23.6. The number of esters is 4. The fraction of sp³-hybridized carbons (Fsp3) is 0.409. The van der Waals surface area contributed by atoms with E-state index in [4.69, 9.17) is 14.2 Å². The molecule has 4 aromatic carbocycles. The number of ether oxygens (including phenoxy) is 4. The Morgan fingerprint density at radius 2 is 1.18 bits per heavy atom. The highest BCUT2D eigenvalue weighted by atomic mass is 32.2. The second-order valence-electron chi connectivity index (χ2n) is 22.8. The van der Waals surface area contributed by atoms with E-state index in [1.54, 1.807) is 18.7 Å². The molecule has 5 aliphatic heterocycles. The van der Waals surface area contributed by atoms with E-state index in [0.717, 1.165) is 78.2 Å². The van der Waals surface area contributed by atoms with Crippen LogP contribution in [-0.4, -0.2) is 154 Å². The number of dihydropyridines is 1. The van der Waals surface area contributed by atoms with Crippen LogP contribution in [0.5, 0.6) is 0 Å². The Labute approximate surface area is 513 Å². The molecular weight excluding hydrogens is 1170 g/mol. The van der Waals surface area contributed by atoms with Crippen LogP contribution in [-0.2, 0) is 67.4 Å². The van der Waals surface area contributed by atoms with E-state index < -0.39 is 61.7 Å². The average molecular weight is 1240 g/mol. The molecule has 0 bridgehead atoms. The number of hydrogen-bond acceptors (Lipinski definition) is 18. The Morgan fingerprint density at radius 1 is 0.659 bits per heavy atom. The predicted molar refractivity (Wildman–Crippen MR) is 333 cm³/mol.